The second-order valence-electron chi connectivity index (χ2n) is 4.88. The number of carboxylic acid groups (broad SMARTS) is 1. The molecule has 0 aromatic heterocycles. The number of hydrogen-bond donors (Lipinski definition) is 2. The fourth-order valence-electron chi connectivity index (χ4n) is 1.49. The van der Waals surface area contributed by atoms with E-state index in [-0.39, 0.29) is 23.3 Å². The molecule has 0 aliphatic rings. The molecule has 1 aromatic carbocycles. The van der Waals surface area contributed by atoms with Gasteiger partial charge in [-0.1, -0.05) is 32.4 Å². The highest BCUT2D eigenvalue weighted by Crippen LogP contribution is 2.20. The summed E-state index contributed by atoms with van der Waals surface area (Å²) >= 11 is 0. The van der Waals surface area contributed by atoms with Crippen LogP contribution in [0.2, 0.25) is 0 Å². The van der Waals surface area contributed by atoms with Crippen LogP contribution < -0.4 is 5.32 Å². The van der Waals surface area contributed by atoms with Crippen molar-refractivity contribution in [1.29, 1.82) is 0 Å². The third-order valence-electron chi connectivity index (χ3n) is 3.08. The number of amides is 1. The van der Waals surface area contributed by atoms with Crippen molar-refractivity contribution in [2.75, 3.05) is 5.32 Å². The largest absolute Gasteiger partial charge is 0.478 e. The molecule has 0 spiro atoms. The Balaban J connectivity index is 2.98. The van der Waals surface area contributed by atoms with Gasteiger partial charge in [0.1, 0.15) is 0 Å². The first-order chi connectivity index (χ1) is 8.32. The number of hydrogen-bond acceptors (Lipinski definition) is 2. The van der Waals surface area contributed by atoms with Crippen molar-refractivity contribution in [2.24, 2.45) is 11.8 Å². The smallest absolute Gasteiger partial charge is 0.337 e. The lowest BCUT2D eigenvalue weighted by Crippen LogP contribution is -2.25. The lowest BCUT2D eigenvalue weighted by atomic mass is 9.97. The molecule has 1 aromatic rings. The maximum Gasteiger partial charge on any atom is 0.337 e. The van der Waals surface area contributed by atoms with E-state index < -0.39 is 5.97 Å². The van der Waals surface area contributed by atoms with Crippen molar-refractivity contribution in [1.82, 2.24) is 0 Å². The molecule has 2 N–H and O–H groups in total. The minimum atomic E-state index is -1.04. The maximum absolute atomic E-state index is 11.9. The number of carboxylic acids is 1. The van der Waals surface area contributed by atoms with Crippen LogP contribution in [0.4, 0.5) is 5.69 Å². The van der Waals surface area contributed by atoms with E-state index in [1.54, 1.807) is 18.2 Å². The molecule has 1 amide bonds. The number of carbonyl (C=O) groups is 2. The maximum atomic E-state index is 11.9. The summed E-state index contributed by atoms with van der Waals surface area (Å²) in [7, 11) is 0. The lowest BCUT2D eigenvalue weighted by Gasteiger charge is -2.16. The Kier molecular flexibility index (Phi) is 4.48. The molecule has 0 aliphatic heterocycles. The predicted octanol–water partition coefficient (Wildman–Crippen LogP) is 2.92. The summed E-state index contributed by atoms with van der Waals surface area (Å²) in [5.41, 5.74) is 1.33. The van der Waals surface area contributed by atoms with Crippen LogP contribution in [0, 0.1) is 18.8 Å². The standard InChI is InChI=1S/C14H19NO3/c1-8(2)10(4)13(16)15-12-6-5-9(3)7-11(12)14(17)18/h5-8,10H,1-4H3,(H,15,16)(H,17,18). The van der Waals surface area contributed by atoms with Crippen LogP contribution >= 0.6 is 0 Å². The molecule has 98 valence electrons. The van der Waals surface area contributed by atoms with Gasteiger partial charge in [-0.25, -0.2) is 4.79 Å². The number of anilines is 1. The molecule has 4 heteroatoms. The summed E-state index contributed by atoms with van der Waals surface area (Å²) in [5.74, 6) is -1.14. The molecule has 0 saturated carbocycles. The molecule has 0 saturated heterocycles. The van der Waals surface area contributed by atoms with Crippen molar-refractivity contribution < 1.29 is 14.7 Å². The van der Waals surface area contributed by atoms with Crippen LogP contribution in [0.25, 0.3) is 0 Å². The Morgan fingerprint density at radius 3 is 2.33 bits per heavy atom. The number of aromatic carboxylic acids is 1. The number of benzene rings is 1. The lowest BCUT2D eigenvalue weighted by molar-refractivity contribution is -0.120. The fourth-order valence-corrected chi connectivity index (χ4v) is 1.49. The monoisotopic (exact) mass is 249 g/mol. The van der Waals surface area contributed by atoms with Crippen molar-refractivity contribution in [3.63, 3.8) is 0 Å². The van der Waals surface area contributed by atoms with Crippen LogP contribution in [0.5, 0.6) is 0 Å². The van der Waals surface area contributed by atoms with E-state index in [0.717, 1.165) is 5.56 Å². The van der Waals surface area contributed by atoms with Crippen molar-refractivity contribution in [3.05, 3.63) is 29.3 Å². The van der Waals surface area contributed by atoms with Gasteiger partial charge in [-0.15, -0.1) is 0 Å². The van der Waals surface area contributed by atoms with Gasteiger partial charge >= 0.3 is 5.97 Å². The molecule has 0 aliphatic carbocycles. The Labute approximate surface area is 107 Å². The molecular formula is C14H19NO3. The Bertz CT molecular complexity index is 466. The van der Waals surface area contributed by atoms with Crippen LogP contribution in [0.3, 0.4) is 0 Å². The van der Waals surface area contributed by atoms with Gasteiger partial charge in [0.05, 0.1) is 11.3 Å². The summed E-state index contributed by atoms with van der Waals surface area (Å²) in [6, 6.07) is 4.96. The minimum absolute atomic E-state index is 0.124. The Morgan fingerprint density at radius 1 is 1.22 bits per heavy atom. The van der Waals surface area contributed by atoms with Crippen molar-refractivity contribution in [3.8, 4) is 0 Å². The van der Waals surface area contributed by atoms with E-state index in [2.05, 4.69) is 5.32 Å². The van der Waals surface area contributed by atoms with Crippen molar-refractivity contribution in [2.45, 2.75) is 27.7 Å². The SMILES string of the molecule is Cc1ccc(NC(=O)C(C)C(C)C)c(C(=O)O)c1. The molecule has 0 fully saturated rings. The second kappa shape index (κ2) is 5.67. The van der Waals surface area contributed by atoms with Crippen LogP contribution in [0.15, 0.2) is 18.2 Å². The van der Waals surface area contributed by atoms with Gasteiger partial charge in [0.25, 0.3) is 0 Å². The van der Waals surface area contributed by atoms with E-state index in [0.29, 0.717) is 5.69 Å². The molecule has 4 nitrogen and oxygen atoms in total. The average Bonchev–Trinajstić information content (AvgIpc) is 2.29. The highest BCUT2D eigenvalue weighted by Gasteiger charge is 2.19. The van der Waals surface area contributed by atoms with Crippen molar-refractivity contribution >= 4 is 17.6 Å². The first-order valence-corrected chi connectivity index (χ1v) is 5.97. The number of carbonyl (C=O) groups excluding carboxylic acids is 1. The molecule has 18 heavy (non-hydrogen) atoms. The second-order valence-corrected chi connectivity index (χ2v) is 4.88. The van der Waals surface area contributed by atoms with Gasteiger partial charge in [-0.2, -0.15) is 0 Å². The summed E-state index contributed by atoms with van der Waals surface area (Å²) < 4.78 is 0. The first kappa shape index (κ1) is 14.2. The zero-order chi connectivity index (χ0) is 13.9. The van der Waals surface area contributed by atoms with Gasteiger partial charge in [0.2, 0.25) is 5.91 Å². The summed E-state index contributed by atoms with van der Waals surface area (Å²) in [6.07, 6.45) is 0. The molecule has 0 heterocycles. The summed E-state index contributed by atoms with van der Waals surface area (Å²) in [6.45, 7) is 7.55. The van der Waals surface area contributed by atoms with E-state index >= 15 is 0 Å². The van der Waals surface area contributed by atoms with Crippen LogP contribution in [0.1, 0.15) is 36.7 Å². The third-order valence-corrected chi connectivity index (χ3v) is 3.08. The first-order valence-electron chi connectivity index (χ1n) is 5.97. The van der Waals surface area contributed by atoms with Gasteiger partial charge in [0, 0.05) is 5.92 Å². The quantitative estimate of drug-likeness (QED) is 0.862. The van der Waals surface area contributed by atoms with Gasteiger partial charge in [-0.05, 0) is 25.0 Å². The molecular weight excluding hydrogens is 230 g/mol. The molecule has 1 unspecified atom stereocenters. The van der Waals surface area contributed by atoms with E-state index in [1.165, 1.54) is 0 Å². The topological polar surface area (TPSA) is 66.4 Å². The van der Waals surface area contributed by atoms with Gasteiger partial charge in [-0.3, -0.25) is 4.79 Å². The minimum Gasteiger partial charge on any atom is -0.478 e. The molecule has 1 rings (SSSR count). The van der Waals surface area contributed by atoms with Gasteiger partial charge in [0.15, 0.2) is 0 Å². The number of nitrogens with one attached hydrogen (secondary N) is 1. The predicted molar refractivity (Wildman–Crippen MR) is 70.8 cm³/mol. The number of aryl methyl sites for hydroxylation is 1. The van der Waals surface area contributed by atoms with Gasteiger partial charge < -0.3 is 10.4 Å². The third kappa shape index (κ3) is 3.32. The summed E-state index contributed by atoms with van der Waals surface area (Å²) in [5, 5.41) is 11.8. The average molecular weight is 249 g/mol. The van der Waals surface area contributed by atoms with E-state index in [4.69, 9.17) is 5.11 Å². The van der Waals surface area contributed by atoms with E-state index in [9.17, 15) is 9.59 Å². The van der Waals surface area contributed by atoms with E-state index in [1.807, 2.05) is 27.7 Å². The highest BCUT2D eigenvalue weighted by atomic mass is 16.4. The molecule has 1 atom stereocenters. The number of rotatable bonds is 4. The molecule has 0 radical (unpaired) electrons. The highest BCUT2D eigenvalue weighted by molar-refractivity contribution is 6.01. The summed E-state index contributed by atoms with van der Waals surface area (Å²) in [4.78, 5) is 23.0. The zero-order valence-corrected chi connectivity index (χ0v) is 11.2. The fraction of sp³-hybridized carbons (Fsp3) is 0.429. The Morgan fingerprint density at radius 2 is 1.83 bits per heavy atom. The zero-order valence-electron chi connectivity index (χ0n) is 11.2. The van der Waals surface area contributed by atoms with Crippen LogP contribution in [-0.2, 0) is 4.79 Å². The Hall–Kier alpha value is -1.84. The normalized spacial score (nSPS) is 12.3. The van der Waals surface area contributed by atoms with Crippen LogP contribution in [-0.4, -0.2) is 17.0 Å². The molecule has 0 bridgehead atoms.